The fourth-order valence-corrected chi connectivity index (χ4v) is 2.60. The van der Waals surface area contributed by atoms with Gasteiger partial charge < -0.3 is 5.32 Å². The number of carbonyl (C=O) groups is 1. The minimum atomic E-state index is -0.0142. The van der Waals surface area contributed by atoms with Crippen LogP contribution in [0.25, 0.3) is 0 Å². The number of hydrogen-bond acceptors (Lipinski definition) is 2. The van der Waals surface area contributed by atoms with Gasteiger partial charge in [-0.3, -0.25) is 4.79 Å². The second-order valence-electron chi connectivity index (χ2n) is 4.41. The third kappa shape index (κ3) is 2.61. The Labute approximate surface area is 109 Å². The Kier molecular flexibility index (Phi) is 3.60. The van der Waals surface area contributed by atoms with E-state index in [0.29, 0.717) is 11.6 Å². The molecule has 0 saturated heterocycles. The number of benzene rings is 1. The Balaban J connectivity index is 2.05. The molecular formula is C12H14BrNOS. The van der Waals surface area contributed by atoms with E-state index < -0.39 is 0 Å². The van der Waals surface area contributed by atoms with Gasteiger partial charge in [0.2, 0.25) is 0 Å². The lowest BCUT2D eigenvalue weighted by molar-refractivity contribution is 0.0895. The van der Waals surface area contributed by atoms with Gasteiger partial charge in [-0.15, -0.1) is 12.6 Å². The van der Waals surface area contributed by atoms with Gasteiger partial charge in [0.05, 0.1) is 5.56 Å². The summed E-state index contributed by atoms with van der Waals surface area (Å²) < 4.78 is 0.815. The first-order valence-corrected chi connectivity index (χ1v) is 6.59. The quantitative estimate of drug-likeness (QED) is 0.807. The van der Waals surface area contributed by atoms with Crippen molar-refractivity contribution in [3.05, 3.63) is 28.2 Å². The molecule has 0 aromatic heterocycles. The van der Waals surface area contributed by atoms with Crippen molar-refractivity contribution in [2.75, 3.05) is 0 Å². The van der Waals surface area contributed by atoms with Crippen molar-refractivity contribution < 1.29 is 4.79 Å². The molecule has 0 bridgehead atoms. The van der Waals surface area contributed by atoms with Crippen molar-refractivity contribution in [2.24, 2.45) is 5.92 Å². The zero-order chi connectivity index (χ0) is 11.7. The molecule has 1 aliphatic rings. The van der Waals surface area contributed by atoms with Crippen molar-refractivity contribution in [3.63, 3.8) is 0 Å². The van der Waals surface area contributed by atoms with Crippen molar-refractivity contribution in [1.29, 1.82) is 0 Å². The minimum absolute atomic E-state index is 0.0142. The summed E-state index contributed by atoms with van der Waals surface area (Å²) in [6.07, 6.45) is 2.17. The molecule has 0 unspecified atom stereocenters. The first-order valence-electron chi connectivity index (χ1n) is 5.35. The van der Waals surface area contributed by atoms with Gasteiger partial charge in [0.15, 0.2) is 0 Å². The van der Waals surface area contributed by atoms with Crippen LogP contribution in [0.5, 0.6) is 0 Å². The SMILES string of the molecule is CC1CC(NC(=O)c2cc(S)ccc2Br)C1. The molecule has 1 N–H and O–H groups in total. The smallest absolute Gasteiger partial charge is 0.252 e. The maximum atomic E-state index is 12.0. The molecule has 4 heteroatoms. The molecule has 1 fully saturated rings. The van der Waals surface area contributed by atoms with Crippen LogP contribution < -0.4 is 5.32 Å². The predicted octanol–water partition coefficient (Wildman–Crippen LogP) is 3.27. The number of carbonyl (C=O) groups excluding carboxylic acids is 1. The van der Waals surface area contributed by atoms with E-state index in [4.69, 9.17) is 0 Å². The van der Waals surface area contributed by atoms with Crippen LogP contribution in [0, 0.1) is 5.92 Å². The molecule has 2 nitrogen and oxygen atoms in total. The van der Waals surface area contributed by atoms with Crippen LogP contribution in [-0.2, 0) is 0 Å². The highest BCUT2D eigenvalue weighted by Crippen LogP contribution is 2.27. The largest absolute Gasteiger partial charge is 0.349 e. The minimum Gasteiger partial charge on any atom is -0.349 e. The summed E-state index contributed by atoms with van der Waals surface area (Å²) in [4.78, 5) is 12.8. The molecule has 0 spiro atoms. The second kappa shape index (κ2) is 4.80. The van der Waals surface area contributed by atoms with Crippen LogP contribution in [0.2, 0.25) is 0 Å². The molecular weight excluding hydrogens is 286 g/mol. The second-order valence-corrected chi connectivity index (χ2v) is 5.78. The summed E-state index contributed by atoms with van der Waals surface area (Å²) >= 11 is 7.61. The molecule has 0 heterocycles. The summed E-state index contributed by atoms with van der Waals surface area (Å²) in [5.41, 5.74) is 0.659. The van der Waals surface area contributed by atoms with E-state index >= 15 is 0 Å². The van der Waals surface area contributed by atoms with Crippen LogP contribution >= 0.6 is 28.6 Å². The third-order valence-corrected chi connectivity index (χ3v) is 3.87. The highest BCUT2D eigenvalue weighted by Gasteiger charge is 2.27. The number of thiol groups is 1. The zero-order valence-corrected chi connectivity index (χ0v) is 11.5. The molecule has 86 valence electrons. The molecule has 0 aliphatic heterocycles. The molecule has 2 rings (SSSR count). The van der Waals surface area contributed by atoms with Crippen molar-refractivity contribution >= 4 is 34.5 Å². The van der Waals surface area contributed by atoms with Crippen LogP contribution in [0.1, 0.15) is 30.1 Å². The average molecular weight is 300 g/mol. The summed E-state index contributed by atoms with van der Waals surface area (Å²) in [6, 6.07) is 5.83. The van der Waals surface area contributed by atoms with Gasteiger partial charge in [0, 0.05) is 15.4 Å². The fourth-order valence-electron chi connectivity index (χ4n) is 1.97. The Morgan fingerprint density at radius 2 is 2.19 bits per heavy atom. The van der Waals surface area contributed by atoms with E-state index in [-0.39, 0.29) is 5.91 Å². The van der Waals surface area contributed by atoms with E-state index in [1.165, 1.54) is 0 Å². The molecule has 1 amide bonds. The van der Waals surface area contributed by atoms with Gasteiger partial charge >= 0.3 is 0 Å². The normalized spacial score (nSPS) is 23.7. The molecule has 16 heavy (non-hydrogen) atoms. The lowest BCUT2D eigenvalue weighted by Gasteiger charge is -2.33. The molecule has 1 aromatic carbocycles. The maximum absolute atomic E-state index is 12.0. The van der Waals surface area contributed by atoms with Crippen molar-refractivity contribution in [3.8, 4) is 0 Å². The fraction of sp³-hybridized carbons (Fsp3) is 0.417. The van der Waals surface area contributed by atoms with Crippen molar-refractivity contribution in [1.82, 2.24) is 5.32 Å². The Hall–Kier alpha value is -0.480. The molecule has 1 aliphatic carbocycles. The van der Waals surface area contributed by atoms with Crippen LogP contribution in [0.4, 0.5) is 0 Å². The summed E-state index contributed by atoms with van der Waals surface area (Å²) in [6.45, 7) is 2.20. The molecule has 1 aromatic rings. The Morgan fingerprint density at radius 1 is 1.50 bits per heavy atom. The van der Waals surface area contributed by atoms with E-state index in [9.17, 15) is 4.79 Å². The highest BCUT2D eigenvalue weighted by molar-refractivity contribution is 9.10. The topological polar surface area (TPSA) is 29.1 Å². The monoisotopic (exact) mass is 299 g/mol. The van der Waals surface area contributed by atoms with Crippen LogP contribution in [0.3, 0.4) is 0 Å². The summed E-state index contributed by atoms with van der Waals surface area (Å²) in [7, 11) is 0. The highest BCUT2D eigenvalue weighted by atomic mass is 79.9. The standard InChI is InChI=1S/C12H14BrNOS/c1-7-4-8(5-7)14-12(15)10-6-9(16)2-3-11(10)13/h2-3,6-8,16H,4-5H2,1H3,(H,14,15). The summed E-state index contributed by atoms with van der Waals surface area (Å²) in [5.74, 6) is 0.727. The Bertz CT molecular complexity index is 415. The number of nitrogens with one attached hydrogen (secondary N) is 1. The van der Waals surface area contributed by atoms with Gasteiger partial charge in [0.1, 0.15) is 0 Å². The molecule has 1 saturated carbocycles. The van der Waals surface area contributed by atoms with Gasteiger partial charge in [0.25, 0.3) is 5.91 Å². The lowest BCUT2D eigenvalue weighted by atomic mass is 9.82. The number of halogens is 1. The Morgan fingerprint density at radius 3 is 2.81 bits per heavy atom. The van der Waals surface area contributed by atoms with E-state index in [1.54, 1.807) is 6.07 Å². The molecule has 0 radical (unpaired) electrons. The van der Waals surface area contributed by atoms with E-state index in [1.807, 2.05) is 12.1 Å². The van der Waals surface area contributed by atoms with Gasteiger partial charge in [-0.1, -0.05) is 6.92 Å². The number of hydrogen-bond donors (Lipinski definition) is 2. The lowest BCUT2D eigenvalue weighted by Crippen LogP contribution is -2.43. The van der Waals surface area contributed by atoms with Gasteiger partial charge in [-0.05, 0) is 52.9 Å². The third-order valence-electron chi connectivity index (χ3n) is 2.90. The molecule has 0 atom stereocenters. The van der Waals surface area contributed by atoms with E-state index in [2.05, 4.69) is 40.8 Å². The first kappa shape index (κ1) is 12.0. The first-order chi connectivity index (χ1) is 7.56. The van der Waals surface area contributed by atoms with E-state index in [0.717, 1.165) is 28.1 Å². The zero-order valence-electron chi connectivity index (χ0n) is 9.03. The van der Waals surface area contributed by atoms with Gasteiger partial charge in [-0.25, -0.2) is 0 Å². The van der Waals surface area contributed by atoms with Crippen molar-refractivity contribution in [2.45, 2.75) is 30.7 Å². The average Bonchev–Trinajstić information content (AvgIpc) is 2.19. The maximum Gasteiger partial charge on any atom is 0.252 e. The van der Waals surface area contributed by atoms with Crippen LogP contribution in [-0.4, -0.2) is 11.9 Å². The van der Waals surface area contributed by atoms with Gasteiger partial charge in [-0.2, -0.15) is 0 Å². The summed E-state index contributed by atoms with van der Waals surface area (Å²) in [5, 5.41) is 3.03. The predicted molar refractivity (Wildman–Crippen MR) is 71.0 cm³/mol. The van der Waals surface area contributed by atoms with Crippen LogP contribution in [0.15, 0.2) is 27.6 Å². The number of rotatable bonds is 2. The number of amides is 1.